The second-order valence-corrected chi connectivity index (χ2v) is 6.24. The van der Waals surface area contributed by atoms with Crippen molar-refractivity contribution in [2.45, 2.75) is 19.1 Å². The van der Waals surface area contributed by atoms with E-state index in [4.69, 9.17) is 10.5 Å². The lowest BCUT2D eigenvalue weighted by Gasteiger charge is -2.14. The number of halogens is 1. The van der Waals surface area contributed by atoms with E-state index in [1.165, 1.54) is 19.1 Å². The minimum atomic E-state index is -1.03. The van der Waals surface area contributed by atoms with Crippen LogP contribution in [0, 0.1) is 5.82 Å². The third kappa shape index (κ3) is 4.91. The van der Waals surface area contributed by atoms with Crippen LogP contribution in [0.1, 0.15) is 6.92 Å². The molecule has 1 amide bonds. The van der Waals surface area contributed by atoms with Crippen LogP contribution in [0.25, 0.3) is 11.3 Å². The highest BCUT2D eigenvalue weighted by Crippen LogP contribution is 2.25. The Labute approximate surface area is 161 Å². The van der Waals surface area contributed by atoms with Gasteiger partial charge in [0.05, 0.1) is 11.8 Å². The van der Waals surface area contributed by atoms with Gasteiger partial charge in [0.2, 0.25) is 5.91 Å². The van der Waals surface area contributed by atoms with E-state index in [2.05, 4.69) is 10.3 Å². The predicted octanol–water partition coefficient (Wildman–Crippen LogP) is 3.33. The van der Waals surface area contributed by atoms with Gasteiger partial charge in [0.15, 0.2) is 0 Å². The topological polar surface area (TPSA) is 97.5 Å². The van der Waals surface area contributed by atoms with Gasteiger partial charge in [-0.05, 0) is 67.6 Å². The lowest BCUT2D eigenvalue weighted by Crippen LogP contribution is -2.43. The molecule has 0 aliphatic carbocycles. The molecule has 3 aromatic rings. The number of carbonyl (C=O) groups excluding carboxylic acids is 1. The molecule has 2 atom stereocenters. The van der Waals surface area contributed by atoms with Gasteiger partial charge in [-0.25, -0.2) is 9.37 Å². The maximum atomic E-state index is 13.0. The van der Waals surface area contributed by atoms with Gasteiger partial charge < -0.3 is 20.9 Å². The van der Waals surface area contributed by atoms with Crippen molar-refractivity contribution < 1.29 is 19.0 Å². The molecule has 0 saturated carbocycles. The average molecular weight is 381 g/mol. The zero-order valence-corrected chi connectivity index (χ0v) is 15.2. The third-order valence-electron chi connectivity index (χ3n) is 4.02. The molecule has 1 aromatic heterocycles. The monoisotopic (exact) mass is 381 g/mol. The van der Waals surface area contributed by atoms with E-state index in [1.807, 2.05) is 12.1 Å². The number of nitrogens with one attached hydrogen (secondary N) is 1. The number of carbonyl (C=O) groups is 1. The second-order valence-electron chi connectivity index (χ2n) is 6.24. The molecule has 0 bridgehead atoms. The SMILES string of the molecule is C[C@H](O)[C@H](N)C(=O)Nc1cccc(-c2ccc(Oc3ccc(F)cc3)cc2)n1. The first kappa shape index (κ1) is 19.5. The van der Waals surface area contributed by atoms with E-state index < -0.39 is 18.1 Å². The molecule has 6 nitrogen and oxygen atoms in total. The fraction of sp³-hybridized carbons (Fsp3) is 0.143. The lowest BCUT2D eigenvalue weighted by atomic mass is 10.1. The summed E-state index contributed by atoms with van der Waals surface area (Å²) in [6, 6.07) is 17.1. The van der Waals surface area contributed by atoms with Crippen molar-refractivity contribution in [2.24, 2.45) is 5.73 Å². The van der Waals surface area contributed by atoms with Crippen molar-refractivity contribution >= 4 is 11.7 Å². The number of pyridine rings is 1. The van der Waals surface area contributed by atoms with Crippen LogP contribution in [0.3, 0.4) is 0 Å². The quantitative estimate of drug-likeness (QED) is 0.608. The molecule has 0 aliphatic rings. The van der Waals surface area contributed by atoms with E-state index in [9.17, 15) is 14.3 Å². The summed E-state index contributed by atoms with van der Waals surface area (Å²) in [6.45, 7) is 1.45. The fourth-order valence-corrected chi connectivity index (χ4v) is 2.43. The zero-order chi connectivity index (χ0) is 20.1. The summed E-state index contributed by atoms with van der Waals surface area (Å²) in [5, 5.41) is 12.0. The molecule has 0 saturated heterocycles. The van der Waals surface area contributed by atoms with E-state index in [1.54, 1.807) is 42.5 Å². The highest BCUT2D eigenvalue weighted by atomic mass is 19.1. The van der Waals surface area contributed by atoms with Gasteiger partial charge in [0, 0.05) is 5.56 Å². The molecule has 0 spiro atoms. The van der Waals surface area contributed by atoms with Gasteiger partial charge in [-0.15, -0.1) is 0 Å². The van der Waals surface area contributed by atoms with Crippen molar-refractivity contribution in [3.05, 3.63) is 72.5 Å². The Morgan fingerprint density at radius 2 is 1.68 bits per heavy atom. The average Bonchev–Trinajstić information content (AvgIpc) is 2.70. The van der Waals surface area contributed by atoms with Crippen LogP contribution < -0.4 is 15.8 Å². The first-order valence-electron chi connectivity index (χ1n) is 8.68. The van der Waals surface area contributed by atoms with Gasteiger partial charge in [-0.1, -0.05) is 6.07 Å². The van der Waals surface area contributed by atoms with Crippen molar-refractivity contribution in [2.75, 3.05) is 5.32 Å². The number of hydrogen-bond donors (Lipinski definition) is 3. The summed E-state index contributed by atoms with van der Waals surface area (Å²) < 4.78 is 18.6. The summed E-state index contributed by atoms with van der Waals surface area (Å²) >= 11 is 0. The van der Waals surface area contributed by atoms with Crippen LogP contribution in [0.2, 0.25) is 0 Å². The lowest BCUT2D eigenvalue weighted by molar-refractivity contribution is -0.119. The number of benzene rings is 2. The Bertz CT molecular complexity index is 944. The molecule has 2 aromatic carbocycles. The molecule has 7 heteroatoms. The molecule has 0 unspecified atom stereocenters. The minimum absolute atomic E-state index is 0.324. The van der Waals surface area contributed by atoms with Crippen molar-refractivity contribution in [3.8, 4) is 22.8 Å². The van der Waals surface area contributed by atoms with Crippen molar-refractivity contribution in [3.63, 3.8) is 0 Å². The van der Waals surface area contributed by atoms with Crippen LogP contribution >= 0.6 is 0 Å². The Balaban J connectivity index is 1.71. The number of nitrogens with two attached hydrogens (primary N) is 1. The fourth-order valence-electron chi connectivity index (χ4n) is 2.43. The standard InChI is InChI=1S/C21H20FN3O3/c1-13(26)20(23)21(27)25-19-4-2-3-18(24-19)14-5-9-16(10-6-14)28-17-11-7-15(22)8-12-17/h2-13,20,26H,23H2,1H3,(H,24,25,27)/t13-,20-/m0/s1. The van der Waals surface area contributed by atoms with E-state index in [0.29, 0.717) is 23.0 Å². The first-order valence-corrected chi connectivity index (χ1v) is 8.68. The van der Waals surface area contributed by atoms with E-state index >= 15 is 0 Å². The number of amides is 1. The maximum Gasteiger partial charge on any atom is 0.245 e. The van der Waals surface area contributed by atoms with Gasteiger partial charge >= 0.3 is 0 Å². The molecule has 0 aliphatic heterocycles. The first-order chi connectivity index (χ1) is 13.4. The molecule has 4 N–H and O–H groups in total. The summed E-state index contributed by atoms with van der Waals surface area (Å²) in [5.74, 6) is 0.636. The molecular weight excluding hydrogens is 361 g/mol. The smallest absolute Gasteiger partial charge is 0.245 e. The van der Waals surface area contributed by atoms with Crippen LogP contribution in [-0.2, 0) is 4.79 Å². The summed E-state index contributed by atoms with van der Waals surface area (Å²) in [4.78, 5) is 16.4. The number of nitrogens with zero attached hydrogens (tertiary/aromatic N) is 1. The Hall–Kier alpha value is -3.29. The van der Waals surface area contributed by atoms with Crippen LogP contribution in [0.5, 0.6) is 11.5 Å². The number of aromatic nitrogens is 1. The molecular formula is C21H20FN3O3. The van der Waals surface area contributed by atoms with Crippen LogP contribution in [0.4, 0.5) is 10.2 Å². The highest BCUT2D eigenvalue weighted by molar-refractivity contribution is 5.94. The van der Waals surface area contributed by atoms with Crippen LogP contribution in [0.15, 0.2) is 66.7 Å². The van der Waals surface area contributed by atoms with Gasteiger partial charge in [-0.2, -0.15) is 0 Å². The number of anilines is 1. The predicted molar refractivity (Wildman–Crippen MR) is 104 cm³/mol. The number of aliphatic hydroxyl groups excluding tert-OH is 1. The molecule has 28 heavy (non-hydrogen) atoms. The number of rotatable bonds is 6. The highest BCUT2D eigenvalue weighted by Gasteiger charge is 2.19. The molecule has 144 valence electrons. The second kappa shape index (κ2) is 8.60. The third-order valence-corrected chi connectivity index (χ3v) is 4.02. The molecule has 3 rings (SSSR count). The normalized spacial score (nSPS) is 12.9. The van der Waals surface area contributed by atoms with E-state index in [-0.39, 0.29) is 5.82 Å². The van der Waals surface area contributed by atoms with Crippen LogP contribution in [-0.4, -0.2) is 28.1 Å². The summed E-state index contributed by atoms with van der Waals surface area (Å²) in [5.41, 5.74) is 7.09. The van der Waals surface area contributed by atoms with Gasteiger partial charge in [-0.3, -0.25) is 4.79 Å². The number of aliphatic hydroxyl groups is 1. The maximum absolute atomic E-state index is 13.0. The molecule has 0 fully saturated rings. The van der Waals surface area contributed by atoms with E-state index in [0.717, 1.165) is 5.56 Å². The number of hydrogen-bond acceptors (Lipinski definition) is 5. The largest absolute Gasteiger partial charge is 0.457 e. The van der Waals surface area contributed by atoms with Crippen molar-refractivity contribution in [1.29, 1.82) is 0 Å². The van der Waals surface area contributed by atoms with Crippen molar-refractivity contribution in [1.82, 2.24) is 4.98 Å². The molecule has 1 heterocycles. The number of ether oxygens (including phenoxy) is 1. The Morgan fingerprint density at radius 3 is 2.29 bits per heavy atom. The Morgan fingerprint density at radius 1 is 1.07 bits per heavy atom. The van der Waals surface area contributed by atoms with Gasteiger partial charge in [0.1, 0.15) is 29.2 Å². The van der Waals surface area contributed by atoms with Gasteiger partial charge in [0.25, 0.3) is 0 Å². The Kier molecular flexibility index (Phi) is 5.98. The molecule has 0 radical (unpaired) electrons. The summed E-state index contributed by atoms with van der Waals surface area (Å²) in [6.07, 6.45) is -0.961. The zero-order valence-electron chi connectivity index (χ0n) is 15.2. The minimum Gasteiger partial charge on any atom is -0.457 e. The summed E-state index contributed by atoms with van der Waals surface area (Å²) in [7, 11) is 0.